The Hall–Kier alpha value is -7.16. The fourth-order valence-electron chi connectivity index (χ4n) is 9.29. The van der Waals surface area contributed by atoms with Crippen molar-refractivity contribution >= 4 is 32.3 Å². The molecule has 0 atom stereocenters. The van der Waals surface area contributed by atoms with E-state index in [4.69, 9.17) is 9.97 Å². The van der Waals surface area contributed by atoms with E-state index in [0.717, 1.165) is 33.5 Å². The van der Waals surface area contributed by atoms with Crippen LogP contribution in [0.3, 0.4) is 0 Å². The van der Waals surface area contributed by atoms with Gasteiger partial charge in [-0.2, -0.15) is 0 Å². The quantitative estimate of drug-likeness (QED) is 0.176. The van der Waals surface area contributed by atoms with Gasteiger partial charge in [-0.25, -0.2) is 9.97 Å². The van der Waals surface area contributed by atoms with Gasteiger partial charge in [-0.1, -0.05) is 196 Å². The van der Waals surface area contributed by atoms with E-state index in [-0.39, 0.29) is 5.41 Å². The number of nitrogens with zero attached hydrogens (tertiary/aromatic N) is 2. The second-order valence-corrected chi connectivity index (χ2v) is 15.7. The van der Waals surface area contributed by atoms with Gasteiger partial charge in [0.05, 0.1) is 11.4 Å². The lowest BCUT2D eigenvalue weighted by Crippen LogP contribution is -2.15. The molecule has 2 heteroatoms. The number of aromatic nitrogens is 2. The topological polar surface area (TPSA) is 25.8 Å². The summed E-state index contributed by atoms with van der Waals surface area (Å²) in [5, 5.41) is 7.36. The number of rotatable bonds is 5. The van der Waals surface area contributed by atoms with Crippen molar-refractivity contribution in [1.82, 2.24) is 9.97 Å². The fraction of sp³-hybridized carbons (Fsp3) is 0.0545. The molecule has 0 N–H and O–H groups in total. The summed E-state index contributed by atoms with van der Waals surface area (Å²) >= 11 is 0. The average Bonchev–Trinajstić information content (AvgIpc) is 3.51. The van der Waals surface area contributed by atoms with Crippen molar-refractivity contribution in [3.63, 3.8) is 0 Å². The Balaban J connectivity index is 1.06. The van der Waals surface area contributed by atoms with E-state index in [1.54, 1.807) is 0 Å². The molecule has 268 valence electrons. The molecule has 0 fully saturated rings. The summed E-state index contributed by atoms with van der Waals surface area (Å²) in [5.74, 6) is 0.705. The van der Waals surface area contributed by atoms with Gasteiger partial charge in [0.1, 0.15) is 0 Å². The maximum Gasteiger partial charge on any atom is 0.160 e. The highest BCUT2D eigenvalue weighted by atomic mass is 14.9. The lowest BCUT2D eigenvalue weighted by atomic mass is 9.79. The van der Waals surface area contributed by atoms with Crippen molar-refractivity contribution in [2.45, 2.75) is 19.3 Å². The van der Waals surface area contributed by atoms with Crippen molar-refractivity contribution < 1.29 is 0 Å². The smallest absolute Gasteiger partial charge is 0.160 e. The van der Waals surface area contributed by atoms with Gasteiger partial charge < -0.3 is 0 Å². The molecular weight excluding hydrogens is 689 g/mol. The minimum Gasteiger partial charge on any atom is -0.228 e. The Kier molecular flexibility index (Phi) is 7.55. The third-order valence-corrected chi connectivity index (χ3v) is 12.1. The predicted octanol–water partition coefficient (Wildman–Crippen LogP) is 14.6. The van der Waals surface area contributed by atoms with Gasteiger partial charge in [-0.05, 0) is 89.0 Å². The zero-order valence-electron chi connectivity index (χ0n) is 31.9. The van der Waals surface area contributed by atoms with E-state index < -0.39 is 0 Å². The Morgan fingerprint density at radius 1 is 0.333 bits per heavy atom. The highest BCUT2D eigenvalue weighted by Crippen LogP contribution is 2.52. The first-order valence-electron chi connectivity index (χ1n) is 19.7. The van der Waals surface area contributed by atoms with E-state index in [0.29, 0.717) is 5.82 Å². The maximum atomic E-state index is 5.34. The molecule has 0 saturated carbocycles. The molecule has 11 rings (SSSR count). The summed E-state index contributed by atoms with van der Waals surface area (Å²) in [4.78, 5) is 10.6. The van der Waals surface area contributed by atoms with Crippen LogP contribution in [0.25, 0.3) is 99.6 Å². The maximum absolute atomic E-state index is 5.34. The lowest BCUT2D eigenvalue weighted by molar-refractivity contribution is 0.666. The van der Waals surface area contributed by atoms with Crippen LogP contribution in [0.1, 0.15) is 25.0 Å². The van der Waals surface area contributed by atoms with Crippen molar-refractivity contribution in [3.05, 3.63) is 205 Å². The summed E-state index contributed by atoms with van der Waals surface area (Å²) < 4.78 is 0. The van der Waals surface area contributed by atoms with Crippen LogP contribution in [-0.4, -0.2) is 9.97 Å². The van der Waals surface area contributed by atoms with Crippen LogP contribution in [-0.2, 0) is 5.41 Å². The van der Waals surface area contributed by atoms with Gasteiger partial charge in [0.2, 0.25) is 0 Å². The van der Waals surface area contributed by atoms with Crippen molar-refractivity contribution in [2.75, 3.05) is 0 Å². The lowest BCUT2D eigenvalue weighted by Gasteiger charge is -2.24. The Morgan fingerprint density at radius 3 is 1.60 bits per heavy atom. The fourth-order valence-corrected chi connectivity index (χ4v) is 9.29. The Labute approximate surface area is 332 Å². The molecule has 0 aliphatic heterocycles. The molecule has 57 heavy (non-hydrogen) atoms. The number of hydrogen-bond acceptors (Lipinski definition) is 2. The summed E-state index contributed by atoms with van der Waals surface area (Å²) in [6, 6.07) is 70.1. The van der Waals surface area contributed by atoms with Gasteiger partial charge in [-0.15, -0.1) is 0 Å². The summed E-state index contributed by atoms with van der Waals surface area (Å²) in [7, 11) is 0. The van der Waals surface area contributed by atoms with Crippen LogP contribution in [0.15, 0.2) is 194 Å². The molecule has 0 bridgehead atoms. The normalized spacial score (nSPS) is 12.9. The Morgan fingerprint density at radius 2 is 0.842 bits per heavy atom. The highest BCUT2D eigenvalue weighted by Gasteiger charge is 2.37. The van der Waals surface area contributed by atoms with Crippen LogP contribution in [0, 0.1) is 0 Å². The van der Waals surface area contributed by atoms with E-state index in [9.17, 15) is 0 Å². The van der Waals surface area contributed by atoms with Gasteiger partial charge in [-0.3, -0.25) is 0 Å². The molecule has 9 aromatic carbocycles. The molecule has 0 saturated heterocycles. The first-order chi connectivity index (χ1) is 28.0. The SMILES string of the molecule is CC1(C)c2cc(-c3ccc(-c4cc(-c5cccc6ccccc56)nc(-c5ccc(-c6ccccc6)cc5)n4)c4ccccc34)ccc2-c2ccc3ccccc3c21. The van der Waals surface area contributed by atoms with Gasteiger partial charge in [0.15, 0.2) is 5.82 Å². The van der Waals surface area contributed by atoms with Crippen LogP contribution in [0.4, 0.5) is 0 Å². The van der Waals surface area contributed by atoms with E-state index in [1.807, 2.05) is 0 Å². The number of benzene rings is 9. The first-order valence-corrected chi connectivity index (χ1v) is 19.7. The highest BCUT2D eigenvalue weighted by molar-refractivity contribution is 6.06. The molecule has 2 nitrogen and oxygen atoms in total. The molecule has 0 amide bonds. The van der Waals surface area contributed by atoms with Crippen LogP contribution < -0.4 is 0 Å². The second-order valence-electron chi connectivity index (χ2n) is 15.7. The molecule has 1 heterocycles. The molecule has 1 aliphatic rings. The zero-order valence-corrected chi connectivity index (χ0v) is 31.9. The van der Waals surface area contributed by atoms with Crippen molar-refractivity contribution in [2.24, 2.45) is 0 Å². The standard InChI is InChI=1S/C55H38N2/c1-55(2)50-33-40(28-29-46(50)49-30-27-38-16-7-9-19-43(38)53(49)55)42-31-32-48(45-21-11-10-20-44(42)45)52-34-51(47-22-12-17-37-15-6-8-18-41(37)47)56-54(57-52)39-25-23-36(24-26-39)35-13-4-3-5-14-35/h3-34H,1-2H3. The average molecular weight is 727 g/mol. The van der Waals surface area contributed by atoms with Crippen LogP contribution in [0.2, 0.25) is 0 Å². The minimum atomic E-state index is -0.133. The van der Waals surface area contributed by atoms with Gasteiger partial charge in [0, 0.05) is 22.1 Å². The number of fused-ring (bicyclic) bond motifs is 7. The van der Waals surface area contributed by atoms with Gasteiger partial charge in [0.25, 0.3) is 0 Å². The summed E-state index contributed by atoms with van der Waals surface area (Å²) in [6.45, 7) is 4.76. The molecular formula is C55H38N2. The molecule has 0 spiro atoms. The van der Waals surface area contributed by atoms with E-state index >= 15 is 0 Å². The minimum absolute atomic E-state index is 0.133. The van der Waals surface area contributed by atoms with Crippen molar-refractivity contribution in [3.8, 4) is 67.3 Å². The van der Waals surface area contributed by atoms with E-state index in [1.165, 1.54) is 71.4 Å². The summed E-state index contributed by atoms with van der Waals surface area (Å²) in [5.41, 5.74) is 15.1. The predicted molar refractivity (Wildman–Crippen MR) is 239 cm³/mol. The summed E-state index contributed by atoms with van der Waals surface area (Å²) in [6.07, 6.45) is 0. The molecule has 1 aromatic heterocycles. The number of hydrogen-bond donors (Lipinski definition) is 0. The first kappa shape index (κ1) is 33.2. The van der Waals surface area contributed by atoms with Crippen molar-refractivity contribution in [1.29, 1.82) is 0 Å². The van der Waals surface area contributed by atoms with Crippen LogP contribution in [0.5, 0.6) is 0 Å². The molecule has 0 radical (unpaired) electrons. The zero-order chi connectivity index (χ0) is 38.1. The second kappa shape index (κ2) is 13.0. The Bertz CT molecular complexity index is 3190. The molecule has 1 aliphatic carbocycles. The molecule has 10 aromatic rings. The third-order valence-electron chi connectivity index (χ3n) is 12.1. The monoisotopic (exact) mass is 726 g/mol. The van der Waals surface area contributed by atoms with Gasteiger partial charge >= 0.3 is 0 Å². The third kappa shape index (κ3) is 5.40. The van der Waals surface area contributed by atoms with E-state index in [2.05, 4.69) is 208 Å². The largest absolute Gasteiger partial charge is 0.228 e. The molecule has 0 unspecified atom stereocenters. The van der Waals surface area contributed by atoms with Crippen LogP contribution >= 0.6 is 0 Å².